The van der Waals surface area contributed by atoms with Crippen LogP contribution in [-0.2, 0) is 4.79 Å². The van der Waals surface area contributed by atoms with Gasteiger partial charge in [0.05, 0.1) is 0 Å². The van der Waals surface area contributed by atoms with Crippen molar-refractivity contribution < 1.29 is 4.79 Å². The van der Waals surface area contributed by atoms with Crippen LogP contribution in [0.25, 0.3) is 0 Å². The molecule has 4 heteroatoms. The maximum Gasteiger partial charge on any atom is 0.221 e. The highest BCUT2D eigenvalue weighted by Crippen LogP contribution is 2.14. The number of rotatable bonds is 4. The summed E-state index contributed by atoms with van der Waals surface area (Å²) in [7, 11) is 0. The molecule has 0 aromatic heterocycles. The van der Waals surface area contributed by atoms with E-state index in [1.807, 2.05) is 13.8 Å². The summed E-state index contributed by atoms with van der Waals surface area (Å²) in [5, 5.41) is 2.91. The van der Waals surface area contributed by atoms with Crippen molar-refractivity contribution in [2.45, 2.75) is 45.7 Å². The third kappa shape index (κ3) is 4.94. The average Bonchev–Trinajstić information content (AvgIpc) is 2.12. The molecule has 0 aromatic carbocycles. The van der Waals surface area contributed by atoms with Crippen LogP contribution < -0.4 is 11.1 Å². The summed E-state index contributed by atoms with van der Waals surface area (Å²) < 4.78 is 0. The molecule has 0 aliphatic carbocycles. The van der Waals surface area contributed by atoms with E-state index >= 15 is 0 Å². The molecule has 0 saturated carbocycles. The number of amides is 1. The van der Waals surface area contributed by atoms with Crippen molar-refractivity contribution in [3.05, 3.63) is 0 Å². The lowest BCUT2D eigenvalue weighted by molar-refractivity contribution is -0.122. The zero-order valence-corrected chi connectivity index (χ0v) is 10.7. The highest BCUT2D eigenvalue weighted by Gasteiger charge is 2.22. The molecule has 0 aromatic rings. The Labute approximate surface area is 98.6 Å². The van der Waals surface area contributed by atoms with E-state index in [1.54, 1.807) is 0 Å². The Morgan fingerprint density at radius 3 is 2.75 bits per heavy atom. The van der Waals surface area contributed by atoms with Gasteiger partial charge in [-0.15, -0.1) is 0 Å². The van der Waals surface area contributed by atoms with Crippen LogP contribution in [-0.4, -0.2) is 42.5 Å². The minimum Gasteiger partial charge on any atom is -0.354 e. The highest BCUT2D eigenvalue weighted by atomic mass is 16.1. The van der Waals surface area contributed by atoms with E-state index in [0.717, 1.165) is 26.1 Å². The number of piperidine rings is 1. The maximum absolute atomic E-state index is 11.5. The SMILES string of the molecule is CC1CC(N)CN(CCC(=O)NC(C)C)C1. The van der Waals surface area contributed by atoms with Crippen LogP contribution >= 0.6 is 0 Å². The zero-order chi connectivity index (χ0) is 12.1. The predicted molar refractivity (Wildman–Crippen MR) is 66.1 cm³/mol. The predicted octanol–water partition coefficient (Wildman–Crippen LogP) is 0.570. The van der Waals surface area contributed by atoms with Crippen LogP contribution in [0.2, 0.25) is 0 Å². The second-order valence-corrected chi connectivity index (χ2v) is 5.33. The van der Waals surface area contributed by atoms with Gasteiger partial charge in [0.2, 0.25) is 5.91 Å². The first-order chi connectivity index (χ1) is 7.47. The van der Waals surface area contributed by atoms with Gasteiger partial charge in [0.1, 0.15) is 0 Å². The number of hydrogen-bond acceptors (Lipinski definition) is 3. The normalized spacial score (nSPS) is 27.1. The van der Waals surface area contributed by atoms with Crippen LogP contribution in [0.3, 0.4) is 0 Å². The molecule has 1 aliphatic rings. The summed E-state index contributed by atoms with van der Waals surface area (Å²) in [5.74, 6) is 0.790. The fourth-order valence-electron chi connectivity index (χ4n) is 2.35. The van der Waals surface area contributed by atoms with Gasteiger partial charge in [0, 0.05) is 38.1 Å². The number of nitrogens with zero attached hydrogens (tertiary/aromatic N) is 1. The first-order valence-corrected chi connectivity index (χ1v) is 6.24. The van der Waals surface area contributed by atoms with Crippen molar-refractivity contribution in [3.63, 3.8) is 0 Å². The van der Waals surface area contributed by atoms with E-state index < -0.39 is 0 Å². The lowest BCUT2D eigenvalue weighted by atomic mass is 9.96. The van der Waals surface area contributed by atoms with Crippen LogP contribution in [0.1, 0.15) is 33.6 Å². The number of carbonyl (C=O) groups is 1. The van der Waals surface area contributed by atoms with Gasteiger partial charge in [0.15, 0.2) is 0 Å². The monoisotopic (exact) mass is 227 g/mol. The minimum absolute atomic E-state index is 0.141. The summed E-state index contributed by atoms with van der Waals surface area (Å²) >= 11 is 0. The molecule has 2 unspecified atom stereocenters. The van der Waals surface area contributed by atoms with E-state index in [0.29, 0.717) is 12.3 Å². The molecule has 1 amide bonds. The topological polar surface area (TPSA) is 58.4 Å². The Hall–Kier alpha value is -0.610. The van der Waals surface area contributed by atoms with Crippen molar-refractivity contribution in [2.75, 3.05) is 19.6 Å². The lowest BCUT2D eigenvalue weighted by Crippen LogP contribution is -2.47. The van der Waals surface area contributed by atoms with Gasteiger partial charge < -0.3 is 16.0 Å². The molecular weight excluding hydrogens is 202 g/mol. The van der Waals surface area contributed by atoms with Crippen LogP contribution in [0.4, 0.5) is 0 Å². The van der Waals surface area contributed by atoms with Crippen LogP contribution in [0.5, 0.6) is 0 Å². The van der Waals surface area contributed by atoms with E-state index in [9.17, 15) is 4.79 Å². The van der Waals surface area contributed by atoms with Gasteiger partial charge in [-0.1, -0.05) is 6.92 Å². The molecular formula is C12H25N3O. The zero-order valence-electron chi connectivity index (χ0n) is 10.7. The Morgan fingerprint density at radius 1 is 1.50 bits per heavy atom. The molecule has 16 heavy (non-hydrogen) atoms. The summed E-state index contributed by atoms with van der Waals surface area (Å²) in [5.41, 5.74) is 5.96. The molecule has 1 aliphatic heterocycles. The van der Waals surface area contributed by atoms with Crippen molar-refractivity contribution in [1.29, 1.82) is 0 Å². The first-order valence-electron chi connectivity index (χ1n) is 6.24. The number of likely N-dealkylation sites (tertiary alicyclic amines) is 1. The van der Waals surface area contributed by atoms with Crippen molar-refractivity contribution in [2.24, 2.45) is 11.7 Å². The van der Waals surface area contributed by atoms with Crippen LogP contribution in [0.15, 0.2) is 0 Å². The summed E-state index contributed by atoms with van der Waals surface area (Å²) in [4.78, 5) is 13.8. The molecule has 2 atom stereocenters. The second kappa shape index (κ2) is 6.21. The summed E-state index contributed by atoms with van der Waals surface area (Å²) in [6.07, 6.45) is 1.69. The first kappa shape index (κ1) is 13.5. The minimum atomic E-state index is 0.141. The lowest BCUT2D eigenvalue weighted by Gasteiger charge is -2.34. The van der Waals surface area contributed by atoms with E-state index in [1.165, 1.54) is 0 Å². The molecule has 4 nitrogen and oxygen atoms in total. The molecule has 0 bridgehead atoms. The van der Waals surface area contributed by atoms with Crippen molar-refractivity contribution >= 4 is 5.91 Å². The Bertz CT molecular complexity index is 220. The van der Waals surface area contributed by atoms with E-state index in [-0.39, 0.29) is 18.0 Å². The summed E-state index contributed by atoms with van der Waals surface area (Å²) in [6.45, 7) is 9.02. The van der Waals surface area contributed by atoms with Gasteiger partial charge in [0.25, 0.3) is 0 Å². The standard InChI is InChI=1S/C12H25N3O/c1-9(2)14-12(16)4-5-15-7-10(3)6-11(13)8-15/h9-11H,4-8,13H2,1-3H3,(H,14,16). The third-order valence-corrected chi connectivity index (χ3v) is 2.87. The molecule has 1 rings (SSSR count). The molecule has 1 saturated heterocycles. The molecule has 94 valence electrons. The van der Waals surface area contributed by atoms with Gasteiger partial charge in [-0.2, -0.15) is 0 Å². The van der Waals surface area contributed by atoms with Gasteiger partial charge in [-0.3, -0.25) is 4.79 Å². The van der Waals surface area contributed by atoms with Crippen molar-refractivity contribution in [1.82, 2.24) is 10.2 Å². The fourth-order valence-corrected chi connectivity index (χ4v) is 2.35. The Kier molecular flexibility index (Phi) is 5.22. The average molecular weight is 227 g/mol. The highest BCUT2D eigenvalue weighted by molar-refractivity contribution is 5.76. The van der Waals surface area contributed by atoms with Gasteiger partial charge in [-0.25, -0.2) is 0 Å². The largest absolute Gasteiger partial charge is 0.354 e. The number of hydrogen-bond donors (Lipinski definition) is 2. The molecule has 0 spiro atoms. The third-order valence-electron chi connectivity index (χ3n) is 2.87. The van der Waals surface area contributed by atoms with E-state index in [2.05, 4.69) is 17.1 Å². The van der Waals surface area contributed by atoms with Crippen LogP contribution in [0, 0.1) is 5.92 Å². The molecule has 3 N–H and O–H groups in total. The fraction of sp³-hybridized carbons (Fsp3) is 0.917. The van der Waals surface area contributed by atoms with Crippen molar-refractivity contribution in [3.8, 4) is 0 Å². The second-order valence-electron chi connectivity index (χ2n) is 5.33. The van der Waals surface area contributed by atoms with Gasteiger partial charge >= 0.3 is 0 Å². The smallest absolute Gasteiger partial charge is 0.221 e. The molecule has 1 fully saturated rings. The number of nitrogens with one attached hydrogen (secondary N) is 1. The van der Waals surface area contributed by atoms with Gasteiger partial charge in [-0.05, 0) is 26.2 Å². The maximum atomic E-state index is 11.5. The van der Waals surface area contributed by atoms with E-state index in [4.69, 9.17) is 5.73 Å². The molecule has 0 radical (unpaired) electrons. The molecule has 1 heterocycles. The number of nitrogens with two attached hydrogens (primary N) is 1. The quantitative estimate of drug-likeness (QED) is 0.738. The Balaban J connectivity index is 2.24. The summed E-state index contributed by atoms with van der Waals surface area (Å²) in [6, 6.07) is 0.506. The Morgan fingerprint density at radius 2 is 2.19 bits per heavy atom. The number of carbonyl (C=O) groups excluding carboxylic acids is 1.